The van der Waals surface area contributed by atoms with Gasteiger partial charge < -0.3 is 0 Å². The fourth-order valence-electron chi connectivity index (χ4n) is 4.63. The predicted molar refractivity (Wildman–Crippen MR) is 130 cm³/mol. The van der Waals surface area contributed by atoms with E-state index in [0.29, 0.717) is 0 Å². The lowest BCUT2D eigenvalue weighted by Gasteiger charge is -2.14. The van der Waals surface area contributed by atoms with Crippen LogP contribution in [-0.2, 0) is 12.4 Å². The van der Waals surface area contributed by atoms with E-state index in [1.165, 1.54) is 0 Å². The Morgan fingerprint density at radius 1 is 0.510 bits per heavy atom. The number of nitriles is 3. The van der Waals surface area contributed by atoms with Gasteiger partial charge in [-0.05, 0) is 16.7 Å². The van der Waals surface area contributed by atoms with Gasteiger partial charge in [0.15, 0.2) is 63.9 Å². The molecule has 0 bridgehead atoms. The maximum Gasteiger partial charge on any atom is 0.422 e. The molecule has 4 rings (SSSR count). The summed E-state index contributed by atoms with van der Waals surface area (Å²) in [6.07, 6.45) is -12.4. The number of hydrogen-bond acceptors (Lipinski definition) is 4. The molecule has 1 fully saturated rings. The molecule has 1 aromatic heterocycles. The highest BCUT2D eigenvalue weighted by Gasteiger charge is 2.49. The predicted octanol–water partition coefficient (Wildman–Crippen LogP) is 9.12. The van der Waals surface area contributed by atoms with E-state index in [4.69, 9.17) is 11.8 Å². The molecule has 0 saturated heterocycles. The third-order valence-corrected chi connectivity index (χ3v) is 6.73. The standard InChI is InChI=1S/C29F17N5/c1-50-26(13-19(33)24(38)15(29(44,45)46)25(39)20(13)34)12-8(5(2-47)10-16(30)7(4-49)51-27(40)21(10)35)9(12)6(3-48)11-17(31)22(36)14(28(41,42)43)23(37)18(11)32. The third-order valence-electron chi connectivity index (χ3n) is 6.73. The molecule has 0 radical (unpaired) electrons. The first kappa shape index (κ1) is 37.4. The maximum absolute atomic E-state index is 15.1. The molecule has 3 aromatic rings. The second-order valence-corrected chi connectivity index (χ2v) is 9.43. The summed E-state index contributed by atoms with van der Waals surface area (Å²) in [6, 6.07) is 2.48. The molecule has 0 amide bonds. The van der Waals surface area contributed by atoms with Crippen molar-refractivity contribution in [2.45, 2.75) is 12.4 Å². The van der Waals surface area contributed by atoms with Crippen LogP contribution >= 0.6 is 0 Å². The van der Waals surface area contributed by atoms with Crippen LogP contribution in [0.3, 0.4) is 0 Å². The molecule has 0 spiro atoms. The quantitative estimate of drug-likeness (QED) is 0.0881. The van der Waals surface area contributed by atoms with Crippen LogP contribution in [0.5, 0.6) is 0 Å². The molecule has 22 heteroatoms. The number of allylic oxidation sites excluding steroid dienone is 5. The highest BCUT2D eigenvalue weighted by atomic mass is 19.4. The van der Waals surface area contributed by atoms with E-state index in [9.17, 15) is 63.2 Å². The van der Waals surface area contributed by atoms with Gasteiger partial charge in [0.1, 0.15) is 29.3 Å². The minimum atomic E-state index is -6.18. The first-order chi connectivity index (χ1) is 23.5. The summed E-state index contributed by atoms with van der Waals surface area (Å²) in [5, 5.41) is 28.5. The molecule has 0 aliphatic heterocycles. The second-order valence-electron chi connectivity index (χ2n) is 9.43. The van der Waals surface area contributed by atoms with E-state index in [0.717, 1.165) is 18.2 Å². The number of pyridine rings is 1. The molecule has 1 aliphatic carbocycles. The molecule has 260 valence electrons. The van der Waals surface area contributed by atoms with Crippen molar-refractivity contribution in [2.75, 3.05) is 0 Å². The van der Waals surface area contributed by atoms with Crippen molar-refractivity contribution < 1.29 is 74.6 Å². The van der Waals surface area contributed by atoms with Crippen molar-refractivity contribution in [2.24, 2.45) is 0 Å². The first-order valence-electron chi connectivity index (χ1n) is 12.3. The van der Waals surface area contributed by atoms with Crippen LogP contribution in [0.15, 0.2) is 16.7 Å². The molecule has 0 atom stereocenters. The summed E-state index contributed by atoms with van der Waals surface area (Å²) in [5.41, 5.74) is -26.3. The average Bonchev–Trinajstić information content (AvgIpc) is 3.75. The molecule has 0 unspecified atom stereocenters. The molecule has 1 saturated carbocycles. The lowest BCUT2D eigenvalue weighted by molar-refractivity contribution is -0.144. The molecule has 0 N–H and O–H groups in total. The van der Waals surface area contributed by atoms with Crippen molar-refractivity contribution in [3.05, 3.63) is 126 Å². The fraction of sp³-hybridized carbons (Fsp3) is 0.0690. The van der Waals surface area contributed by atoms with Crippen LogP contribution in [-0.4, -0.2) is 4.98 Å². The molecular weight excluding hydrogens is 741 g/mol. The van der Waals surface area contributed by atoms with Gasteiger partial charge in [0, 0.05) is 0 Å². The van der Waals surface area contributed by atoms with Crippen LogP contribution in [0.25, 0.3) is 21.7 Å². The molecule has 1 aliphatic rings. The SMILES string of the molecule is [C-]#[N+]C(=C1C(=C(C#N)c2c(F)c(F)nc(C#N)c2F)C1=C(C#N)c1c(F)c(F)c(C(F)(F)F)c(F)c1F)c1c(F)c(F)c(C(F)(F)F)c(F)c1F. The number of benzene rings is 2. The van der Waals surface area contributed by atoms with E-state index < -0.39 is 144 Å². The van der Waals surface area contributed by atoms with Gasteiger partial charge in [-0.25, -0.2) is 53.7 Å². The summed E-state index contributed by atoms with van der Waals surface area (Å²) in [7, 11) is 0. The zero-order chi connectivity index (χ0) is 38.8. The monoisotopic (exact) mass is 741 g/mol. The minimum Gasteiger partial charge on any atom is -0.237 e. The van der Waals surface area contributed by atoms with Crippen molar-refractivity contribution in [1.82, 2.24) is 4.98 Å². The maximum atomic E-state index is 15.1. The Kier molecular flexibility index (Phi) is 9.15. The number of alkyl halides is 6. The zero-order valence-electron chi connectivity index (χ0n) is 23.2. The van der Waals surface area contributed by atoms with Crippen molar-refractivity contribution in [3.8, 4) is 18.2 Å². The lowest BCUT2D eigenvalue weighted by atomic mass is 9.99. The van der Waals surface area contributed by atoms with Crippen molar-refractivity contribution in [1.29, 1.82) is 15.8 Å². The van der Waals surface area contributed by atoms with E-state index in [2.05, 4.69) is 9.83 Å². The van der Waals surface area contributed by atoms with Crippen molar-refractivity contribution >= 4 is 16.8 Å². The Morgan fingerprint density at radius 2 is 0.863 bits per heavy atom. The highest BCUT2D eigenvalue weighted by molar-refractivity contribution is 6.11. The smallest absolute Gasteiger partial charge is 0.237 e. The highest BCUT2D eigenvalue weighted by Crippen LogP contribution is 2.58. The first-order valence-corrected chi connectivity index (χ1v) is 12.3. The molecular formula is C29F17N5. The van der Waals surface area contributed by atoms with Gasteiger partial charge in [0.2, 0.25) is 5.70 Å². The summed E-state index contributed by atoms with van der Waals surface area (Å²) in [6.45, 7) is 7.30. The largest absolute Gasteiger partial charge is 0.422 e. The Bertz CT molecular complexity index is 2210. The Morgan fingerprint density at radius 3 is 1.18 bits per heavy atom. The Hall–Kier alpha value is -6.42. The topological polar surface area (TPSA) is 88.6 Å². The van der Waals surface area contributed by atoms with E-state index in [1.807, 2.05) is 0 Å². The number of halogens is 17. The minimum absolute atomic E-state index is 0.733. The summed E-state index contributed by atoms with van der Waals surface area (Å²) in [4.78, 5) is 4.94. The van der Waals surface area contributed by atoms with Gasteiger partial charge in [-0.2, -0.15) is 46.5 Å². The second kappa shape index (κ2) is 12.5. The van der Waals surface area contributed by atoms with E-state index in [1.54, 1.807) is 0 Å². The summed E-state index contributed by atoms with van der Waals surface area (Å²) in [5.74, 6) is -32.6. The van der Waals surface area contributed by atoms with Gasteiger partial charge in [-0.1, -0.05) is 0 Å². The van der Waals surface area contributed by atoms with Gasteiger partial charge in [0.25, 0.3) is 5.95 Å². The van der Waals surface area contributed by atoms with Crippen LogP contribution in [0.1, 0.15) is 33.5 Å². The molecule has 1 heterocycles. The Labute approximate surface area is 269 Å². The van der Waals surface area contributed by atoms with Gasteiger partial charge >= 0.3 is 12.4 Å². The van der Waals surface area contributed by atoms with Gasteiger partial charge in [0.05, 0.1) is 34.4 Å². The zero-order valence-corrected chi connectivity index (χ0v) is 23.2. The summed E-state index contributed by atoms with van der Waals surface area (Å²) >= 11 is 0. The molecule has 2 aromatic carbocycles. The number of aromatic nitrogens is 1. The van der Waals surface area contributed by atoms with E-state index >= 15 is 22.0 Å². The molecule has 5 nitrogen and oxygen atoms in total. The van der Waals surface area contributed by atoms with Gasteiger partial charge in [-0.3, -0.25) is 0 Å². The normalized spacial score (nSPS) is 15.8. The summed E-state index contributed by atoms with van der Waals surface area (Å²) < 4.78 is 241. The fourth-order valence-corrected chi connectivity index (χ4v) is 4.63. The van der Waals surface area contributed by atoms with Crippen LogP contribution < -0.4 is 0 Å². The third kappa shape index (κ3) is 5.64. The Balaban J connectivity index is 2.37. The number of rotatable bonds is 3. The number of nitrogens with zero attached hydrogens (tertiary/aromatic N) is 5. The average molecular weight is 741 g/mol. The lowest BCUT2D eigenvalue weighted by Crippen LogP contribution is -2.17. The van der Waals surface area contributed by atoms with Crippen molar-refractivity contribution in [3.63, 3.8) is 0 Å². The van der Waals surface area contributed by atoms with Gasteiger partial charge in [-0.15, -0.1) is 0 Å². The van der Waals surface area contributed by atoms with E-state index in [-0.39, 0.29) is 0 Å². The van der Waals surface area contributed by atoms with Crippen LogP contribution in [0, 0.1) is 105 Å². The van der Waals surface area contributed by atoms with Crippen LogP contribution in [0.4, 0.5) is 74.6 Å². The van der Waals surface area contributed by atoms with Crippen LogP contribution in [0.2, 0.25) is 0 Å². The molecule has 51 heavy (non-hydrogen) atoms. The number of hydrogen-bond donors (Lipinski definition) is 0.